The van der Waals surface area contributed by atoms with Crippen LogP contribution >= 0.6 is 0 Å². The fraction of sp³-hybridized carbons (Fsp3) is 0.562. The predicted molar refractivity (Wildman–Crippen MR) is 83.2 cm³/mol. The molecule has 1 unspecified atom stereocenters. The van der Waals surface area contributed by atoms with Crippen molar-refractivity contribution in [3.05, 3.63) is 23.8 Å². The first-order valence-electron chi connectivity index (χ1n) is 7.50. The van der Waals surface area contributed by atoms with E-state index in [0.29, 0.717) is 25.3 Å². The van der Waals surface area contributed by atoms with Gasteiger partial charge in [0.15, 0.2) is 0 Å². The lowest BCUT2D eigenvalue weighted by atomic mass is 10.1. The Hall–Kier alpha value is -1.59. The Morgan fingerprint density at radius 1 is 1.48 bits per heavy atom. The van der Waals surface area contributed by atoms with Gasteiger partial charge in [-0.2, -0.15) is 0 Å². The smallest absolute Gasteiger partial charge is 0.226 e. The quantitative estimate of drug-likeness (QED) is 0.624. The third-order valence-electron chi connectivity index (χ3n) is 3.58. The Kier molecular flexibility index (Phi) is 6.02. The summed E-state index contributed by atoms with van der Waals surface area (Å²) in [7, 11) is 0. The van der Waals surface area contributed by atoms with E-state index in [4.69, 9.17) is 15.2 Å². The largest absolute Gasteiger partial charge is 0.399 e. The predicted octanol–water partition coefficient (Wildman–Crippen LogP) is 2.49. The summed E-state index contributed by atoms with van der Waals surface area (Å²) in [5.74, 6) is -0.0487. The molecule has 116 valence electrons. The molecule has 1 amide bonds. The van der Waals surface area contributed by atoms with Crippen molar-refractivity contribution in [2.75, 3.05) is 30.9 Å². The van der Waals surface area contributed by atoms with Crippen molar-refractivity contribution in [1.82, 2.24) is 0 Å². The molecule has 1 aromatic rings. The van der Waals surface area contributed by atoms with Gasteiger partial charge in [-0.15, -0.1) is 0 Å². The van der Waals surface area contributed by atoms with Gasteiger partial charge in [-0.1, -0.05) is 0 Å². The van der Waals surface area contributed by atoms with Crippen molar-refractivity contribution in [3.63, 3.8) is 0 Å². The number of nitrogens with two attached hydrogens (primary N) is 1. The summed E-state index contributed by atoms with van der Waals surface area (Å²) >= 11 is 0. The number of amides is 1. The molecular weight excluding hydrogens is 268 g/mol. The van der Waals surface area contributed by atoms with Crippen molar-refractivity contribution < 1.29 is 14.3 Å². The number of benzene rings is 1. The molecule has 0 spiro atoms. The summed E-state index contributed by atoms with van der Waals surface area (Å²) in [6, 6.07) is 5.44. The average Bonchev–Trinajstić information content (AvgIpc) is 2.48. The summed E-state index contributed by atoms with van der Waals surface area (Å²) in [5.41, 5.74) is 8.13. The molecule has 1 aromatic carbocycles. The molecule has 1 aliphatic rings. The molecule has 1 heterocycles. The summed E-state index contributed by atoms with van der Waals surface area (Å²) in [5, 5.41) is 2.87. The highest BCUT2D eigenvalue weighted by Gasteiger charge is 2.14. The second-order valence-corrected chi connectivity index (χ2v) is 5.44. The Morgan fingerprint density at radius 3 is 3.05 bits per heavy atom. The number of rotatable bonds is 6. The zero-order valence-electron chi connectivity index (χ0n) is 12.6. The van der Waals surface area contributed by atoms with Crippen LogP contribution in [0.2, 0.25) is 0 Å². The second-order valence-electron chi connectivity index (χ2n) is 5.44. The van der Waals surface area contributed by atoms with E-state index in [9.17, 15) is 4.79 Å². The molecule has 0 bridgehead atoms. The van der Waals surface area contributed by atoms with E-state index in [-0.39, 0.29) is 12.0 Å². The first kappa shape index (κ1) is 15.8. The van der Waals surface area contributed by atoms with Crippen LogP contribution in [-0.4, -0.2) is 31.8 Å². The number of hydrogen-bond donors (Lipinski definition) is 2. The normalized spacial score (nSPS) is 18.4. The van der Waals surface area contributed by atoms with Crippen LogP contribution in [0.1, 0.15) is 31.2 Å². The maximum absolute atomic E-state index is 11.8. The van der Waals surface area contributed by atoms with Crippen LogP contribution in [0, 0.1) is 6.92 Å². The number of ether oxygens (including phenoxy) is 2. The number of hydrogen-bond acceptors (Lipinski definition) is 4. The van der Waals surface area contributed by atoms with Crippen molar-refractivity contribution in [2.24, 2.45) is 0 Å². The molecule has 5 nitrogen and oxygen atoms in total. The lowest BCUT2D eigenvalue weighted by Gasteiger charge is -2.22. The summed E-state index contributed by atoms with van der Waals surface area (Å²) in [6.45, 7) is 3.74. The van der Waals surface area contributed by atoms with Gasteiger partial charge in [0.25, 0.3) is 0 Å². The third kappa shape index (κ3) is 5.36. The lowest BCUT2D eigenvalue weighted by Crippen LogP contribution is -2.25. The highest BCUT2D eigenvalue weighted by Crippen LogP contribution is 2.17. The molecule has 21 heavy (non-hydrogen) atoms. The fourth-order valence-corrected chi connectivity index (χ4v) is 2.36. The first-order chi connectivity index (χ1) is 10.1. The van der Waals surface area contributed by atoms with Crippen molar-refractivity contribution in [2.45, 2.75) is 38.7 Å². The van der Waals surface area contributed by atoms with Crippen molar-refractivity contribution in [3.8, 4) is 0 Å². The zero-order valence-corrected chi connectivity index (χ0v) is 12.6. The van der Waals surface area contributed by atoms with Crippen molar-refractivity contribution >= 4 is 17.3 Å². The summed E-state index contributed by atoms with van der Waals surface area (Å²) in [6.07, 6.45) is 3.93. The molecule has 0 aliphatic carbocycles. The van der Waals surface area contributed by atoms with E-state index < -0.39 is 0 Å². The van der Waals surface area contributed by atoms with Gasteiger partial charge in [-0.3, -0.25) is 4.79 Å². The molecule has 1 atom stereocenters. The molecule has 0 radical (unpaired) electrons. The highest BCUT2D eigenvalue weighted by molar-refractivity contribution is 5.91. The van der Waals surface area contributed by atoms with Gasteiger partial charge in [-0.05, 0) is 49.9 Å². The van der Waals surface area contributed by atoms with Crippen molar-refractivity contribution in [1.29, 1.82) is 0 Å². The fourth-order valence-electron chi connectivity index (χ4n) is 2.36. The third-order valence-corrected chi connectivity index (χ3v) is 3.58. The van der Waals surface area contributed by atoms with E-state index in [1.807, 2.05) is 19.1 Å². The molecule has 0 saturated carbocycles. The molecule has 2 rings (SSSR count). The number of anilines is 2. The van der Waals surface area contributed by atoms with Crippen LogP contribution in [0.15, 0.2) is 18.2 Å². The van der Waals surface area contributed by atoms with E-state index in [1.165, 1.54) is 6.42 Å². The SMILES string of the molecule is Cc1cc(N)ccc1NC(=O)CCOCC1CCCCO1. The van der Waals surface area contributed by atoms with Crippen LogP contribution in [-0.2, 0) is 14.3 Å². The van der Waals surface area contributed by atoms with Crippen LogP contribution in [0.5, 0.6) is 0 Å². The van der Waals surface area contributed by atoms with Gasteiger partial charge < -0.3 is 20.5 Å². The highest BCUT2D eigenvalue weighted by atomic mass is 16.5. The maximum Gasteiger partial charge on any atom is 0.226 e. The molecule has 0 aromatic heterocycles. The minimum atomic E-state index is -0.0487. The standard InChI is InChI=1S/C16H24N2O3/c1-12-10-13(17)5-6-15(12)18-16(19)7-9-20-11-14-4-2-3-8-21-14/h5-6,10,14H,2-4,7-9,11,17H2,1H3,(H,18,19). The molecule has 1 saturated heterocycles. The van der Waals surface area contributed by atoms with Crippen LogP contribution in [0.4, 0.5) is 11.4 Å². The number of carbonyl (C=O) groups excluding carboxylic acids is 1. The van der Waals surface area contributed by atoms with Gasteiger partial charge in [0.1, 0.15) is 0 Å². The topological polar surface area (TPSA) is 73.6 Å². The number of aryl methyl sites for hydroxylation is 1. The van der Waals surface area contributed by atoms with E-state index >= 15 is 0 Å². The Bertz CT molecular complexity index is 471. The minimum absolute atomic E-state index is 0.0487. The molecule has 5 heteroatoms. The van der Waals surface area contributed by atoms with Crippen LogP contribution < -0.4 is 11.1 Å². The summed E-state index contributed by atoms with van der Waals surface area (Å²) in [4.78, 5) is 11.8. The first-order valence-corrected chi connectivity index (χ1v) is 7.50. The second kappa shape index (κ2) is 8.00. The monoisotopic (exact) mass is 292 g/mol. The minimum Gasteiger partial charge on any atom is -0.399 e. The average molecular weight is 292 g/mol. The van der Waals surface area contributed by atoms with Gasteiger partial charge in [0, 0.05) is 18.0 Å². The molecule has 1 aliphatic heterocycles. The number of nitrogens with one attached hydrogen (secondary N) is 1. The molecule has 3 N–H and O–H groups in total. The zero-order chi connectivity index (χ0) is 15.1. The van der Waals surface area contributed by atoms with E-state index in [2.05, 4.69) is 5.32 Å². The summed E-state index contributed by atoms with van der Waals surface area (Å²) < 4.78 is 11.1. The Balaban J connectivity index is 1.65. The van der Waals surface area contributed by atoms with Gasteiger partial charge in [-0.25, -0.2) is 0 Å². The van der Waals surface area contributed by atoms with Gasteiger partial charge in [0.05, 0.1) is 25.7 Å². The molecular formula is C16H24N2O3. The van der Waals surface area contributed by atoms with Crippen LogP contribution in [0.25, 0.3) is 0 Å². The van der Waals surface area contributed by atoms with Gasteiger partial charge in [0.2, 0.25) is 5.91 Å². The maximum atomic E-state index is 11.8. The Morgan fingerprint density at radius 2 is 2.33 bits per heavy atom. The number of carbonyl (C=O) groups is 1. The van der Waals surface area contributed by atoms with E-state index in [1.54, 1.807) is 6.07 Å². The Labute approximate surface area is 125 Å². The van der Waals surface area contributed by atoms with Gasteiger partial charge >= 0.3 is 0 Å². The van der Waals surface area contributed by atoms with Crippen LogP contribution in [0.3, 0.4) is 0 Å². The number of nitrogen functional groups attached to an aromatic ring is 1. The van der Waals surface area contributed by atoms with E-state index in [0.717, 1.165) is 30.7 Å². The lowest BCUT2D eigenvalue weighted by molar-refractivity contribution is -0.117. The molecule has 1 fully saturated rings.